The van der Waals surface area contributed by atoms with E-state index < -0.39 is 4.92 Å². The Morgan fingerprint density at radius 2 is 2.04 bits per heavy atom. The Balaban J connectivity index is 1.42. The number of aromatic amines is 2. The fraction of sp³-hybridized carbons (Fsp3) is 0.200. The first-order valence-electron chi connectivity index (χ1n) is 9.15. The third-order valence-electron chi connectivity index (χ3n) is 5.33. The van der Waals surface area contributed by atoms with E-state index in [-0.39, 0.29) is 17.3 Å². The van der Waals surface area contributed by atoms with Crippen LogP contribution in [0.25, 0.3) is 21.9 Å². The van der Waals surface area contributed by atoms with Gasteiger partial charge < -0.3 is 15.3 Å². The maximum atomic E-state index is 12.6. The van der Waals surface area contributed by atoms with Gasteiger partial charge in [0.05, 0.1) is 16.0 Å². The number of H-pyrrole nitrogens is 2. The van der Waals surface area contributed by atoms with Gasteiger partial charge in [-0.25, -0.2) is 4.98 Å². The zero-order chi connectivity index (χ0) is 19.3. The number of aromatic nitrogens is 3. The largest absolute Gasteiger partial charge is 0.345 e. The number of non-ortho nitro benzene ring substituents is 1. The van der Waals surface area contributed by atoms with Crippen LogP contribution in [-0.2, 0) is 0 Å². The molecule has 28 heavy (non-hydrogen) atoms. The van der Waals surface area contributed by atoms with E-state index in [1.54, 1.807) is 24.3 Å². The third-order valence-corrected chi connectivity index (χ3v) is 5.33. The number of para-hydroxylation sites is 1. The predicted octanol–water partition coefficient (Wildman–Crippen LogP) is 4.47. The second-order valence-electron chi connectivity index (χ2n) is 7.12. The molecule has 0 radical (unpaired) electrons. The summed E-state index contributed by atoms with van der Waals surface area (Å²) < 4.78 is 0. The third kappa shape index (κ3) is 2.70. The molecule has 5 rings (SSSR count). The summed E-state index contributed by atoms with van der Waals surface area (Å²) in [6.45, 7) is 0. The molecule has 4 aromatic rings. The first kappa shape index (κ1) is 16.5. The summed E-state index contributed by atoms with van der Waals surface area (Å²) >= 11 is 0. The molecular weight excluding hydrogens is 358 g/mol. The highest BCUT2D eigenvalue weighted by atomic mass is 16.6. The molecular formula is C20H17N5O3. The van der Waals surface area contributed by atoms with Crippen LogP contribution in [0.1, 0.15) is 41.5 Å². The number of hydrogen-bond donors (Lipinski definition) is 3. The number of carbonyl (C=O) groups is 1. The van der Waals surface area contributed by atoms with Crippen LogP contribution in [0.5, 0.6) is 0 Å². The minimum atomic E-state index is -0.466. The van der Waals surface area contributed by atoms with E-state index in [1.807, 2.05) is 12.1 Å². The van der Waals surface area contributed by atoms with Crippen molar-refractivity contribution < 1.29 is 9.72 Å². The normalized spacial score (nSPS) is 14.3. The van der Waals surface area contributed by atoms with Crippen molar-refractivity contribution in [3.63, 3.8) is 0 Å². The summed E-state index contributed by atoms with van der Waals surface area (Å²) in [4.78, 5) is 34.2. The Hall–Kier alpha value is -3.68. The van der Waals surface area contributed by atoms with Gasteiger partial charge in [0.1, 0.15) is 17.0 Å². The van der Waals surface area contributed by atoms with Crippen LogP contribution in [0.4, 0.5) is 11.4 Å². The summed E-state index contributed by atoms with van der Waals surface area (Å²) in [6.07, 6.45) is 3.57. The summed E-state index contributed by atoms with van der Waals surface area (Å²) in [5, 5.41) is 14.6. The van der Waals surface area contributed by atoms with Crippen LogP contribution in [0.2, 0.25) is 0 Å². The molecule has 2 aromatic heterocycles. The lowest BCUT2D eigenvalue weighted by Crippen LogP contribution is -2.12. The molecule has 0 aliphatic heterocycles. The minimum Gasteiger partial charge on any atom is -0.345 e. The van der Waals surface area contributed by atoms with E-state index in [2.05, 4.69) is 20.3 Å². The molecule has 8 nitrogen and oxygen atoms in total. The molecule has 1 aliphatic carbocycles. The van der Waals surface area contributed by atoms with Crippen molar-refractivity contribution in [2.45, 2.75) is 25.2 Å². The van der Waals surface area contributed by atoms with Gasteiger partial charge >= 0.3 is 0 Å². The van der Waals surface area contributed by atoms with Crippen molar-refractivity contribution in [1.82, 2.24) is 15.0 Å². The SMILES string of the molecule is O=C(Nc1ccc2nc(C3CCC3)[nH]c2c1)c1cc2cccc([N+](=O)[O-])c2[nH]1. The smallest absolute Gasteiger partial charge is 0.293 e. The number of nitro groups is 1. The first-order valence-corrected chi connectivity index (χ1v) is 9.15. The number of rotatable bonds is 4. The van der Waals surface area contributed by atoms with Crippen molar-refractivity contribution in [1.29, 1.82) is 0 Å². The van der Waals surface area contributed by atoms with Crippen molar-refractivity contribution in [3.05, 3.63) is 64.1 Å². The quantitative estimate of drug-likeness (QED) is 0.360. The predicted molar refractivity (Wildman–Crippen MR) is 106 cm³/mol. The molecule has 8 heteroatoms. The lowest BCUT2D eigenvalue weighted by Gasteiger charge is -2.22. The summed E-state index contributed by atoms with van der Waals surface area (Å²) in [5.41, 5.74) is 2.94. The molecule has 1 amide bonds. The highest BCUT2D eigenvalue weighted by Gasteiger charge is 2.23. The molecule has 0 unspecified atom stereocenters. The average Bonchev–Trinajstić information content (AvgIpc) is 3.23. The Kier molecular flexibility index (Phi) is 3.65. The first-order chi connectivity index (χ1) is 13.6. The number of nitrogens with zero attached hydrogens (tertiary/aromatic N) is 2. The topological polar surface area (TPSA) is 117 Å². The molecule has 0 atom stereocenters. The zero-order valence-corrected chi connectivity index (χ0v) is 14.9. The van der Waals surface area contributed by atoms with E-state index in [9.17, 15) is 14.9 Å². The lowest BCUT2D eigenvalue weighted by atomic mass is 9.85. The van der Waals surface area contributed by atoms with Crippen LogP contribution in [0, 0.1) is 10.1 Å². The molecule has 2 heterocycles. The van der Waals surface area contributed by atoms with Crippen LogP contribution >= 0.6 is 0 Å². The maximum Gasteiger partial charge on any atom is 0.293 e. The second-order valence-corrected chi connectivity index (χ2v) is 7.12. The van der Waals surface area contributed by atoms with Gasteiger partial charge in [-0.2, -0.15) is 0 Å². The van der Waals surface area contributed by atoms with E-state index in [1.165, 1.54) is 12.5 Å². The van der Waals surface area contributed by atoms with Crippen LogP contribution in [0.15, 0.2) is 42.5 Å². The van der Waals surface area contributed by atoms with Gasteiger partial charge in [0.2, 0.25) is 0 Å². The van der Waals surface area contributed by atoms with Gasteiger partial charge in [0.15, 0.2) is 0 Å². The number of amides is 1. The van der Waals surface area contributed by atoms with Gasteiger partial charge in [0.25, 0.3) is 11.6 Å². The number of imidazole rings is 1. The highest BCUT2D eigenvalue weighted by Crippen LogP contribution is 2.35. The number of nitro benzene ring substituents is 1. The van der Waals surface area contributed by atoms with Gasteiger partial charge in [0, 0.05) is 23.1 Å². The Morgan fingerprint density at radius 1 is 1.18 bits per heavy atom. The Labute approximate surface area is 159 Å². The Morgan fingerprint density at radius 3 is 2.79 bits per heavy atom. The van der Waals surface area contributed by atoms with Crippen molar-refractivity contribution >= 4 is 39.2 Å². The van der Waals surface area contributed by atoms with Crippen LogP contribution < -0.4 is 5.32 Å². The number of nitrogens with one attached hydrogen (secondary N) is 3. The maximum absolute atomic E-state index is 12.6. The van der Waals surface area contributed by atoms with Crippen molar-refractivity contribution in [2.75, 3.05) is 5.32 Å². The number of anilines is 1. The lowest BCUT2D eigenvalue weighted by molar-refractivity contribution is -0.383. The summed E-state index contributed by atoms with van der Waals surface area (Å²) in [5.74, 6) is 1.16. The molecule has 1 aliphatic rings. The number of fused-ring (bicyclic) bond motifs is 2. The van der Waals surface area contributed by atoms with Gasteiger partial charge in [-0.05, 0) is 37.1 Å². The van der Waals surface area contributed by atoms with Crippen molar-refractivity contribution in [3.8, 4) is 0 Å². The highest BCUT2D eigenvalue weighted by molar-refractivity contribution is 6.07. The molecule has 1 fully saturated rings. The fourth-order valence-corrected chi connectivity index (χ4v) is 3.60. The molecule has 0 bridgehead atoms. The molecule has 1 saturated carbocycles. The second kappa shape index (κ2) is 6.19. The minimum absolute atomic E-state index is 0.0565. The molecule has 140 valence electrons. The Bertz CT molecular complexity index is 1240. The molecule has 2 aromatic carbocycles. The number of hydrogen-bond acceptors (Lipinski definition) is 4. The van der Waals surface area contributed by atoms with Gasteiger partial charge in [-0.3, -0.25) is 14.9 Å². The number of benzene rings is 2. The number of carbonyl (C=O) groups excluding carboxylic acids is 1. The molecule has 0 saturated heterocycles. The average molecular weight is 375 g/mol. The van der Waals surface area contributed by atoms with E-state index in [4.69, 9.17) is 0 Å². The molecule has 0 spiro atoms. The summed E-state index contributed by atoms with van der Waals surface area (Å²) in [6, 6.07) is 11.9. The van der Waals surface area contributed by atoms with E-state index >= 15 is 0 Å². The van der Waals surface area contributed by atoms with Gasteiger partial charge in [-0.1, -0.05) is 18.6 Å². The monoisotopic (exact) mass is 375 g/mol. The summed E-state index contributed by atoms with van der Waals surface area (Å²) in [7, 11) is 0. The van der Waals surface area contributed by atoms with E-state index in [0.29, 0.717) is 22.5 Å². The fourth-order valence-electron chi connectivity index (χ4n) is 3.60. The standard InChI is InChI=1S/C20H17N5O3/c26-20(16-9-12-5-2-6-17(25(27)28)18(12)22-16)21-13-7-8-14-15(10-13)24-19(23-14)11-3-1-4-11/h2,5-11,22H,1,3-4H2,(H,21,26)(H,23,24). The van der Waals surface area contributed by atoms with Crippen molar-refractivity contribution in [2.24, 2.45) is 0 Å². The van der Waals surface area contributed by atoms with E-state index in [0.717, 1.165) is 29.7 Å². The van der Waals surface area contributed by atoms with Crippen LogP contribution in [-0.4, -0.2) is 25.8 Å². The molecule has 3 N–H and O–H groups in total. The van der Waals surface area contributed by atoms with Crippen LogP contribution in [0.3, 0.4) is 0 Å². The van der Waals surface area contributed by atoms with Gasteiger partial charge in [-0.15, -0.1) is 0 Å². The zero-order valence-electron chi connectivity index (χ0n) is 14.9.